The smallest absolute Gasteiger partial charge is 0.329 e. The van der Waals surface area contributed by atoms with Crippen LogP contribution < -0.4 is 15.8 Å². The number of nitrogens with two attached hydrogens (primary N) is 1. The molecule has 0 heterocycles. The SMILES string of the molecule is Cc1ccc(NC(=O)COC(=O)[C@@H](NC(=O)c2ccccc2F)C(C)C)cc1S(N)(=O)=O. The van der Waals surface area contributed by atoms with Gasteiger partial charge in [0.15, 0.2) is 6.61 Å². The van der Waals surface area contributed by atoms with Crippen LogP contribution in [0.2, 0.25) is 0 Å². The van der Waals surface area contributed by atoms with E-state index in [0.717, 1.165) is 6.07 Å². The molecule has 0 fully saturated rings. The number of sulfonamides is 1. The Morgan fingerprint density at radius 1 is 1.12 bits per heavy atom. The van der Waals surface area contributed by atoms with E-state index in [1.54, 1.807) is 20.8 Å². The number of hydrogen-bond acceptors (Lipinski definition) is 6. The first kappa shape index (κ1) is 25.0. The van der Waals surface area contributed by atoms with Gasteiger partial charge in [0.2, 0.25) is 10.0 Å². The molecule has 0 saturated carbocycles. The van der Waals surface area contributed by atoms with E-state index in [9.17, 15) is 27.2 Å². The van der Waals surface area contributed by atoms with E-state index in [-0.39, 0.29) is 16.1 Å². The second-order valence-corrected chi connectivity index (χ2v) is 8.89. The second-order valence-electron chi connectivity index (χ2n) is 7.36. The average Bonchev–Trinajstić information content (AvgIpc) is 2.70. The van der Waals surface area contributed by atoms with E-state index in [1.807, 2.05) is 0 Å². The third-order valence-electron chi connectivity index (χ3n) is 4.45. The first-order valence-electron chi connectivity index (χ1n) is 9.55. The van der Waals surface area contributed by atoms with Gasteiger partial charge in [-0.1, -0.05) is 32.0 Å². The lowest BCUT2D eigenvalue weighted by Crippen LogP contribution is -2.46. The number of hydrogen-bond donors (Lipinski definition) is 3. The van der Waals surface area contributed by atoms with E-state index in [4.69, 9.17) is 9.88 Å². The molecule has 172 valence electrons. The summed E-state index contributed by atoms with van der Waals surface area (Å²) in [6, 6.07) is 8.31. The number of ether oxygens (including phenoxy) is 1. The molecular formula is C21H24FN3O6S. The number of carbonyl (C=O) groups excluding carboxylic acids is 3. The lowest BCUT2D eigenvalue weighted by Gasteiger charge is -2.21. The topological polar surface area (TPSA) is 145 Å². The third kappa shape index (κ3) is 6.59. The lowest BCUT2D eigenvalue weighted by atomic mass is 10.0. The maximum atomic E-state index is 13.8. The Labute approximate surface area is 185 Å². The Kier molecular flexibility index (Phi) is 8.06. The van der Waals surface area contributed by atoms with Gasteiger partial charge >= 0.3 is 5.97 Å². The standard InChI is InChI=1S/C21H24FN3O6S/c1-12(2)19(25-20(27)15-6-4-5-7-16(15)22)21(28)31-11-18(26)24-14-9-8-13(3)17(10-14)32(23,29)30/h4-10,12,19H,11H2,1-3H3,(H,24,26)(H,25,27)(H2,23,29,30)/t19-/m0/s1. The summed E-state index contributed by atoms with van der Waals surface area (Å²) in [4.78, 5) is 36.7. The summed E-state index contributed by atoms with van der Waals surface area (Å²) in [6.45, 7) is 4.16. The van der Waals surface area contributed by atoms with E-state index in [1.165, 1.54) is 36.4 Å². The average molecular weight is 466 g/mol. The molecule has 2 rings (SSSR count). The zero-order valence-corrected chi connectivity index (χ0v) is 18.5. The Balaban J connectivity index is 2.01. The lowest BCUT2D eigenvalue weighted by molar-refractivity contribution is -0.150. The molecule has 0 bridgehead atoms. The fourth-order valence-electron chi connectivity index (χ4n) is 2.77. The highest BCUT2D eigenvalue weighted by Gasteiger charge is 2.27. The number of aryl methyl sites for hydroxylation is 1. The van der Waals surface area contributed by atoms with Gasteiger partial charge in [-0.3, -0.25) is 9.59 Å². The van der Waals surface area contributed by atoms with Crippen molar-refractivity contribution in [3.8, 4) is 0 Å². The minimum absolute atomic E-state index is 0.147. The summed E-state index contributed by atoms with van der Waals surface area (Å²) in [6.07, 6.45) is 0. The van der Waals surface area contributed by atoms with Gasteiger partial charge in [-0.2, -0.15) is 0 Å². The van der Waals surface area contributed by atoms with Gasteiger partial charge in [-0.05, 0) is 42.7 Å². The molecule has 11 heteroatoms. The first-order valence-corrected chi connectivity index (χ1v) is 11.1. The molecule has 0 aliphatic heterocycles. The molecule has 0 spiro atoms. The molecule has 4 N–H and O–H groups in total. The number of nitrogens with one attached hydrogen (secondary N) is 2. The third-order valence-corrected chi connectivity index (χ3v) is 5.50. The van der Waals surface area contributed by atoms with Crippen LogP contribution in [0.1, 0.15) is 29.8 Å². The van der Waals surface area contributed by atoms with Crippen LogP contribution in [0.25, 0.3) is 0 Å². The van der Waals surface area contributed by atoms with E-state index in [0.29, 0.717) is 5.56 Å². The molecule has 0 aliphatic carbocycles. The zero-order chi connectivity index (χ0) is 24.1. The van der Waals surface area contributed by atoms with Crippen LogP contribution in [0.4, 0.5) is 10.1 Å². The maximum Gasteiger partial charge on any atom is 0.329 e. The van der Waals surface area contributed by atoms with Crippen molar-refractivity contribution in [2.24, 2.45) is 11.1 Å². The van der Waals surface area contributed by atoms with Gasteiger partial charge in [0, 0.05) is 5.69 Å². The fraction of sp³-hybridized carbons (Fsp3) is 0.286. The predicted molar refractivity (Wildman–Crippen MR) is 115 cm³/mol. The Morgan fingerprint density at radius 2 is 1.78 bits per heavy atom. The van der Waals surface area contributed by atoms with Crippen LogP contribution >= 0.6 is 0 Å². The summed E-state index contributed by atoms with van der Waals surface area (Å²) in [5, 5.41) is 9.96. The Hall–Kier alpha value is -3.31. The minimum Gasteiger partial charge on any atom is -0.454 e. The summed E-state index contributed by atoms with van der Waals surface area (Å²) >= 11 is 0. The first-order chi connectivity index (χ1) is 14.9. The van der Waals surface area contributed by atoms with Crippen LogP contribution in [0, 0.1) is 18.7 Å². The molecule has 32 heavy (non-hydrogen) atoms. The normalized spacial score (nSPS) is 12.2. The summed E-state index contributed by atoms with van der Waals surface area (Å²) in [5.41, 5.74) is 0.324. The van der Waals surface area contributed by atoms with Gasteiger partial charge in [-0.15, -0.1) is 0 Å². The molecule has 0 saturated heterocycles. The monoisotopic (exact) mass is 465 g/mol. The van der Waals surface area contributed by atoms with E-state index < -0.39 is 52.2 Å². The number of benzene rings is 2. The van der Waals surface area contributed by atoms with Crippen molar-refractivity contribution in [2.75, 3.05) is 11.9 Å². The fourth-order valence-corrected chi connectivity index (χ4v) is 3.58. The van der Waals surface area contributed by atoms with Crippen LogP contribution in [0.5, 0.6) is 0 Å². The molecular weight excluding hydrogens is 441 g/mol. The van der Waals surface area contributed by atoms with Gasteiger partial charge in [0.1, 0.15) is 11.9 Å². The number of primary sulfonamides is 1. The van der Waals surface area contributed by atoms with Crippen LogP contribution in [-0.2, 0) is 24.3 Å². The highest BCUT2D eigenvalue weighted by molar-refractivity contribution is 7.89. The van der Waals surface area contributed by atoms with Gasteiger partial charge in [-0.25, -0.2) is 22.7 Å². The maximum absolute atomic E-state index is 13.8. The number of rotatable bonds is 8. The number of carbonyl (C=O) groups is 3. The highest BCUT2D eigenvalue weighted by Crippen LogP contribution is 2.19. The molecule has 1 atom stereocenters. The summed E-state index contributed by atoms with van der Waals surface area (Å²) < 4.78 is 42.0. The van der Waals surface area contributed by atoms with Gasteiger partial charge in [0.05, 0.1) is 10.5 Å². The zero-order valence-electron chi connectivity index (χ0n) is 17.7. The van der Waals surface area contributed by atoms with Crippen LogP contribution in [0.3, 0.4) is 0 Å². The molecule has 0 aliphatic rings. The summed E-state index contributed by atoms with van der Waals surface area (Å²) in [7, 11) is -3.98. The van der Waals surface area contributed by atoms with Crippen molar-refractivity contribution in [1.82, 2.24) is 5.32 Å². The molecule has 2 aromatic carbocycles. The number of anilines is 1. The highest BCUT2D eigenvalue weighted by atomic mass is 32.2. The number of halogens is 1. The number of amides is 2. The molecule has 0 radical (unpaired) electrons. The number of esters is 1. The van der Waals surface area contributed by atoms with Crippen molar-refractivity contribution < 1.29 is 31.9 Å². The van der Waals surface area contributed by atoms with Gasteiger partial charge in [0.25, 0.3) is 11.8 Å². The van der Waals surface area contributed by atoms with Crippen molar-refractivity contribution in [2.45, 2.75) is 31.7 Å². The summed E-state index contributed by atoms with van der Waals surface area (Å²) in [5.74, 6) is -3.55. The van der Waals surface area contributed by atoms with Gasteiger partial charge < -0.3 is 15.4 Å². The van der Waals surface area contributed by atoms with Crippen molar-refractivity contribution in [3.05, 3.63) is 59.4 Å². The van der Waals surface area contributed by atoms with Crippen molar-refractivity contribution in [3.63, 3.8) is 0 Å². The van der Waals surface area contributed by atoms with Crippen LogP contribution in [0.15, 0.2) is 47.4 Å². The van der Waals surface area contributed by atoms with E-state index >= 15 is 0 Å². The van der Waals surface area contributed by atoms with Crippen molar-refractivity contribution >= 4 is 33.5 Å². The van der Waals surface area contributed by atoms with Crippen molar-refractivity contribution in [1.29, 1.82) is 0 Å². The molecule has 0 aromatic heterocycles. The van der Waals surface area contributed by atoms with Crippen LogP contribution in [-0.4, -0.2) is 38.9 Å². The second kappa shape index (κ2) is 10.3. The predicted octanol–water partition coefficient (Wildman–Crippen LogP) is 1.72. The largest absolute Gasteiger partial charge is 0.454 e. The quantitative estimate of drug-likeness (QED) is 0.506. The molecule has 2 aromatic rings. The molecule has 0 unspecified atom stereocenters. The Morgan fingerprint density at radius 3 is 2.38 bits per heavy atom. The molecule has 2 amide bonds. The molecule has 9 nitrogen and oxygen atoms in total. The Bertz CT molecular complexity index is 1130. The minimum atomic E-state index is -3.98. The van der Waals surface area contributed by atoms with E-state index in [2.05, 4.69) is 10.6 Å².